The van der Waals surface area contributed by atoms with E-state index < -0.39 is 24.1 Å². The second kappa shape index (κ2) is 3.53. The van der Waals surface area contributed by atoms with Crippen LogP contribution in [0.4, 0.5) is 4.39 Å². The van der Waals surface area contributed by atoms with E-state index in [4.69, 9.17) is 9.31 Å². The van der Waals surface area contributed by atoms with Crippen molar-refractivity contribution in [2.24, 2.45) is 0 Å². The molecule has 0 aliphatic carbocycles. The van der Waals surface area contributed by atoms with E-state index in [-0.39, 0.29) is 0 Å². The summed E-state index contributed by atoms with van der Waals surface area (Å²) in [5.41, 5.74) is -0.505. The van der Waals surface area contributed by atoms with Crippen LogP contribution in [0, 0.1) is 5.82 Å². The average Bonchev–Trinajstić information content (AvgIpc) is 2.36. The minimum atomic E-state index is -0.659. The first-order valence-corrected chi connectivity index (χ1v) is 5.28. The smallest absolute Gasteiger partial charge is 0.399 e. The van der Waals surface area contributed by atoms with E-state index in [0.717, 1.165) is 0 Å². The van der Waals surface area contributed by atoms with Crippen molar-refractivity contribution in [1.29, 1.82) is 0 Å². The molecule has 1 aliphatic rings. The third kappa shape index (κ3) is 1.74. The van der Waals surface area contributed by atoms with E-state index in [0.29, 0.717) is 5.46 Å². The number of pyridine rings is 1. The molecule has 2 heterocycles. The summed E-state index contributed by atoms with van der Waals surface area (Å²) >= 11 is 0. The molecule has 0 bridgehead atoms. The lowest BCUT2D eigenvalue weighted by Gasteiger charge is -2.32. The Labute approximate surface area is 95.1 Å². The second-order valence-electron chi connectivity index (χ2n) is 4.99. The predicted molar refractivity (Wildman–Crippen MR) is 59.9 cm³/mol. The van der Waals surface area contributed by atoms with Crippen LogP contribution in [0.25, 0.3) is 0 Å². The van der Waals surface area contributed by atoms with Gasteiger partial charge in [-0.1, -0.05) is 0 Å². The van der Waals surface area contributed by atoms with E-state index >= 15 is 0 Å². The van der Waals surface area contributed by atoms with Crippen molar-refractivity contribution in [3.05, 3.63) is 24.3 Å². The third-order valence-electron chi connectivity index (χ3n) is 3.31. The summed E-state index contributed by atoms with van der Waals surface area (Å²) in [6.45, 7) is 7.75. The molecule has 1 fully saturated rings. The van der Waals surface area contributed by atoms with Gasteiger partial charge in [0.25, 0.3) is 0 Å². The molecule has 86 valence electrons. The fourth-order valence-electron chi connectivity index (χ4n) is 1.55. The summed E-state index contributed by atoms with van der Waals surface area (Å²) < 4.78 is 25.0. The first-order valence-electron chi connectivity index (χ1n) is 5.28. The van der Waals surface area contributed by atoms with Crippen LogP contribution in [0.2, 0.25) is 0 Å². The third-order valence-corrected chi connectivity index (χ3v) is 3.31. The van der Waals surface area contributed by atoms with Gasteiger partial charge >= 0.3 is 7.12 Å². The van der Waals surface area contributed by atoms with Crippen molar-refractivity contribution >= 4 is 12.6 Å². The molecule has 5 heteroatoms. The number of aromatic nitrogens is 1. The van der Waals surface area contributed by atoms with Crippen molar-refractivity contribution in [1.82, 2.24) is 4.98 Å². The molecule has 0 amide bonds. The number of hydrogen-bond acceptors (Lipinski definition) is 3. The van der Waals surface area contributed by atoms with Crippen LogP contribution in [0.3, 0.4) is 0 Å². The first kappa shape index (κ1) is 11.5. The fourth-order valence-corrected chi connectivity index (χ4v) is 1.55. The van der Waals surface area contributed by atoms with Gasteiger partial charge in [0.1, 0.15) is 5.82 Å². The minimum Gasteiger partial charge on any atom is -0.399 e. The first-order chi connectivity index (χ1) is 7.33. The Balaban J connectivity index is 2.31. The Kier molecular flexibility index (Phi) is 2.55. The quantitative estimate of drug-likeness (QED) is 0.676. The van der Waals surface area contributed by atoms with Crippen LogP contribution >= 0.6 is 0 Å². The van der Waals surface area contributed by atoms with Crippen LogP contribution in [0.15, 0.2) is 18.5 Å². The van der Waals surface area contributed by atoms with Gasteiger partial charge in [-0.25, -0.2) is 4.39 Å². The maximum absolute atomic E-state index is 13.5. The minimum absolute atomic E-state index is 0.397. The number of halogens is 1. The van der Waals surface area contributed by atoms with Gasteiger partial charge in [0.15, 0.2) is 0 Å². The molecule has 0 unspecified atom stereocenters. The Morgan fingerprint density at radius 2 is 1.75 bits per heavy atom. The SMILES string of the molecule is CC1(C)OB(c2ccncc2F)OC1(C)C. The molecular weight excluding hydrogens is 208 g/mol. The maximum atomic E-state index is 13.5. The lowest BCUT2D eigenvalue weighted by Crippen LogP contribution is -2.41. The summed E-state index contributed by atoms with van der Waals surface area (Å²) in [7, 11) is -0.659. The molecule has 0 atom stereocenters. The van der Waals surface area contributed by atoms with Crippen LogP contribution < -0.4 is 5.46 Å². The zero-order valence-corrected chi connectivity index (χ0v) is 9.95. The zero-order valence-electron chi connectivity index (χ0n) is 9.95. The van der Waals surface area contributed by atoms with E-state index in [1.807, 2.05) is 27.7 Å². The molecule has 16 heavy (non-hydrogen) atoms. The highest BCUT2D eigenvalue weighted by atomic mass is 19.1. The summed E-state index contributed by atoms with van der Waals surface area (Å²) in [4.78, 5) is 3.70. The molecule has 0 N–H and O–H groups in total. The van der Waals surface area contributed by atoms with Crippen LogP contribution in [0.5, 0.6) is 0 Å². The molecule has 0 spiro atoms. The maximum Gasteiger partial charge on any atom is 0.497 e. The highest BCUT2D eigenvalue weighted by Gasteiger charge is 2.52. The highest BCUT2D eigenvalue weighted by Crippen LogP contribution is 2.36. The van der Waals surface area contributed by atoms with Gasteiger partial charge in [-0.3, -0.25) is 4.98 Å². The Bertz CT molecular complexity index is 393. The number of hydrogen-bond donors (Lipinski definition) is 0. The largest absolute Gasteiger partial charge is 0.497 e. The number of rotatable bonds is 1. The summed E-state index contributed by atoms with van der Waals surface area (Å²) in [6.07, 6.45) is 2.70. The molecule has 0 saturated carbocycles. The van der Waals surface area contributed by atoms with Crippen molar-refractivity contribution in [2.45, 2.75) is 38.9 Å². The number of nitrogens with zero attached hydrogens (tertiary/aromatic N) is 1. The van der Waals surface area contributed by atoms with E-state index in [2.05, 4.69) is 4.98 Å². The predicted octanol–water partition coefficient (Wildman–Crippen LogP) is 1.52. The van der Waals surface area contributed by atoms with Gasteiger partial charge in [-0.15, -0.1) is 0 Å². The molecule has 1 aliphatic heterocycles. The van der Waals surface area contributed by atoms with Crippen LogP contribution in [-0.2, 0) is 9.31 Å². The van der Waals surface area contributed by atoms with Gasteiger partial charge in [0.2, 0.25) is 0 Å². The fraction of sp³-hybridized carbons (Fsp3) is 0.545. The second-order valence-corrected chi connectivity index (χ2v) is 4.99. The monoisotopic (exact) mass is 223 g/mol. The summed E-state index contributed by atoms with van der Waals surface area (Å²) in [5.74, 6) is -0.402. The molecule has 0 radical (unpaired) electrons. The topological polar surface area (TPSA) is 31.4 Å². The van der Waals surface area contributed by atoms with Crippen molar-refractivity contribution in [2.75, 3.05) is 0 Å². The Hall–Kier alpha value is -0.935. The van der Waals surface area contributed by atoms with Gasteiger partial charge < -0.3 is 9.31 Å². The lowest BCUT2D eigenvalue weighted by molar-refractivity contribution is 0.00578. The highest BCUT2D eigenvalue weighted by molar-refractivity contribution is 6.62. The average molecular weight is 223 g/mol. The van der Waals surface area contributed by atoms with Crippen molar-refractivity contribution in [3.8, 4) is 0 Å². The van der Waals surface area contributed by atoms with Gasteiger partial charge in [0.05, 0.1) is 17.4 Å². The Morgan fingerprint density at radius 1 is 1.19 bits per heavy atom. The summed E-state index contributed by atoms with van der Waals surface area (Å²) in [5, 5.41) is 0. The molecule has 1 aromatic heterocycles. The van der Waals surface area contributed by atoms with Crippen LogP contribution in [-0.4, -0.2) is 23.3 Å². The standard InChI is InChI=1S/C11H15BFNO2/c1-10(2)11(3,4)16-12(15-10)8-5-6-14-7-9(8)13/h5-7H,1-4H3. The van der Waals surface area contributed by atoms with Crippen LogP contribution in [0.1, 0.15) is 27.7 Å². The Morgan fingerprint density at radius 3 is 2.25 bits per heavy atom. The molecule has 1 aromatic rings. The molecular formula is C11H15BFNO2. The van der Waals surface area contributed by atoms with Crippen molar-refractivity contribution in [3.63, 3.8) is 0 Å². The van der Waals surface area contributed by atoms with Crippen molar-refractivity contribution < 1.29 is 13.7 Å². The lowest BCUT2D eigenvalue weighted by atomic mass is 9.79. The zero-order chi connectivity index (χ0) is 12.0. The molecule has 0 aromatic carbocycles. The molecule has 2 rings (SSSR count). The van der Waals surface area contributed by atoms with Gasteiger partial charge in [-0.2, -0.15) is 0 Å². The van der Waals surface area contributed by atoms with E-state index in [9.17, 15) is 4.39 Å². The normalized spacial score (nSPS) is 22.4. The summed E-state index contributed by atoms with van der Waals surface area (Å²) in [6, 6.07) is 1.58. The molecule has 1 saturated heterocycles. The van der Waals surface area contributed by atoms with E-state index in [1.165, 1.54) is 12.4 Å². The molecule has 3 nitrogen and oxygen atoms in total. The van der Waals surface area contributed by atoms with E-state index in [1.54, 1.807) is 6.07 Å². The van der Waals surface area contributed by atoms with Gasteiger partial charge in [0, 0.05) is 11.7 Å². The van der Waals surface area contributed by atoms with Gasteiger partial charge in [-0.05, 0) is 33.8 Å².